The van der Waals surface area contributed by atoms with Crippen LogP contribution >= 0.6 is 0 Å². The summed E-state index contributed by atoms with van der Waals surface area (Å²) in [5.74, 6) is 1.33. The van der Waals surface area contributed by atoms with Crippen LogP contribution in [-0.2, 0) is 4.79 Å². The van der Waals surface area contributed by atoms with Gasteiger partial charge in [0.25, 0.3) is 0 Å². The molecule has 114 valence electrons. The summed E-state index contributed by atoms with van der Waals surface area (Å²) < 4.78 is 0. The molecular weight excluding hydrogens is 248 g/mol. The maximum atomic E-state index is 13.0. The number of carbonyl (C=O) groups is 1. The Morgan fingerprint density at radius 1 is 1.15 bits per heavy atom. The average Bonchev–Trinajstić information content (AvgIpc) is 3.26. The van der Waals surface area contributed by atoms with Crippen molar-refractivity contribution < 1.29 is 4.79 Å². The van der Waals surface area contributed by atoms with E-state index in [1.165, 1.54) is 25.7 Å². The highest BCUT2D eigenvalue weighted by Crippen LogP contribution is 2.69. The number of carbonyl (C=O) groups excluding carboxylic acids is 1. The maximum Gasteiger partial charge on any atom is 0.227 e. The van der Waals surface area contributed by atoms with Crippen LogP contribution in [0.3, 0.4) is 0 Å². The Bertz CT molecular complexity index is 378. The number of nitrogens with zero attached hydrogens (tertiary/aromatic N) is 1. The van der Waals surface area contributed by atoms with Crippen molar-refractivity contribution in [2.75, 3.05) is 19.6 Å². The van der Waals surface area contributed by atoms with Gasteiger partial charge in [0.2, 0.25) is 5.91 Å². The molecular formula is C17H30N2O. The summed E-state index contributed by atoms with van der Waals surface area (Å²) in [6.45, 7) is 12.2. The molecule has 3 heteroatoms. The average molecular weight is 278 g/mol. The molecule has 20 heavy (non-hydrogen) atoms. The lowest BCUT2D eigenvalue weighted by molar-refractivity contribution is -0.135. The summed E-state index contributed by atoms with van der Waals surface area (Å²) in [5.41, 5.74) is 0.337. The van der Waals surface area contributed by atoms with Gasteiger partial charge >= 0.3 is 0 Å². The van der Waals surface area contributed by atoms with Crippen molar-refractivity contribution in [3.63, 3.8) is 0 Å². The standard InChI is InChI=1S/C17H30N2O/c1-16(2)14(17(16,3)4)15(20)19(13-7-8-13)11-12-6-5-9-18-10-12/h12-14,18H,5-11H2,1-4H3. The minimum atomic E-state index is 0.169. The highest BCUT2D eigenvalue weighted by Gasteiger charge is 2.69. The lowest BCUT2D eigenvalue weighted by Gasteiger charge is -2.31. The normalized spacial score (nSPS) is 31.9. The minimum Gasteiger partial charge on any atom is -0.339 e. The first-order valence-electron chi connectivity index (χ1n) is 8.37. The summed E-state index contributed by atoms with van der Waals surface area (Å²) >= 11 is 0. The minimum absolute atomic E-state index is 0.169. The van der Waals surface area contributed by atoms with Gasteiger partial charge in [-0.05, 0) is 55.5 Å². The third kappa shape index (κ3) is 2.28. The molecule has 0 spiro atoms. The van der Waals surface area contributed by atoms with Crippen LogP contribution in [0, 0.1) is 22.7 Å². The largest absolute Gasteiger partial charge is 0.339 e. The molecule has 1 heterocycles. The molecule has 0 aromatic carbocycles. The van der Waals surface area contributed by atoms with Crippen LogP contribution in [-0.4, -0.2) is 36.5 Å². The molecule has 0 aromatic heterocycles. The fraction of sp³-hybridized carbons (Fsp3) is 0.941. The van der Waals surface area contributed by atoms with Crippen LogP contribution < -0.4 is 5.32 Å². The predicted octanol–water partition coefficient (Wildman–Crippen LogP) is 2.66. The van der Waals surface area contributed by atoms with Crippen molar-refractivity contribution in [1.29, 1.82) is 0 Å². The van der Waals surface area contributed by atoms with Gasteiger partial charge in [-0.15, -0.1) is 0 Å². The Balaban J connectivity index is 1.67. The fourth-order valence-electron chi connectivity index (χ4n) is 4.14. The zero-order valence-electron chi connectivity index (χ0n) is 13.5. The van der Waals surface area contributed by atoms with Crippen LogP contribution in [0.1, 0.15) is 53.4 Å². The Morgan fingerprint density at radius 2 is 1.80 bits per heavy atom. The van der Waals surface area contributed by atoms with Gasteiger partial charge in [0, 0.05) is 18.5 Å². The molecule has 1 amide bonds. The Morgan fingerprint density at radius 3 is 2.25 bits per heavy atom. The zero-order chi connectivity index (χ0) is 14.5. The highest BCUT2D eigenvalue weighted by molar-refractivity contribution is 5.84. The highest BCUT2D eigenvalue weighted by atomic mass is 16.2. The molecule has 0 radical (unpaired) electrons. The van der Waals surface area contributed by atoms with E-state index in [0.717, 1.165) is 19.6 Å². The second-order valence-corrected chi connectivity index (χ2v) is 8.31. The summed E-state index contributed by atoms with van der Waals surface area (Å²) in [5, 5.41) is 3.48. The van der Waals surface area contributed by atoms with Gasteiger partial charge in [-0.3, -0.25) is 4.79 Å². The fourth-order valence-corrected chi connectivity index (χ4v) is 4.14. The van der Waals surface area contributed by atoms with Crippen molar-refractivity contribution in [2.45, 2.75) is 59.4 Å². The van der Waals surface area contributed by atoms with E-state index in [2.05, 4.69) is 37.9 Å². The van der Waals surface area contributed by atoms with E-state index in [1.807, 2.05) is 0 Å². The molecule has 1 unspecified atom stereocenters. The molecule has 0 aromatic rings. The molecule has 1 atom stereocenters. The van der Waals surface area contributed by atoms with Crippen LogP contribution in [0.25, 0.3) is 0 Å². The van der Waals surface area contributed by atoms with E-state index >= 15 is 0 Å². The molecule has 2 aliphatic carbocycles. The van der Waals surface area contributed by atoms with Gasteiger partial charge in [-0.1, -0.05) is 27.7 Å². The van der Waals surface area contributed by atoms with Crippen LogP contribution in [0.4, 0.5) is 0 Å². The SMILES string of the molecule is CC1(C)C(C(=O)N(CC2CCCNC2)C2CC2)C1(C)C. The monoisotopic (exact) mass is 278 g/mol. The first-order chi connectivity index (χ1) is 9.35. The van der Waals surface area contributed by atoms with Crippen molar-refractivity contribution >= 4 is 5.91 Å². The molecule has 1 aliphatic heterocycles. The Hall–Kier alpha value is -0.570. The Kier molecular flexibility index (Phi) is 3.39. The number of amides is 1. The van der Waals surface area contributed by atoms with Crippen molar-refractivity contribution in [3.8, 4) is 0 Å². The van der Waals surface area contributed by atoms with Crippen molar-refractivity contribution in [1.82, 2.24) is 10.2 Å². The lowest BCUT2D eigenvalue weighted by atomic mass is 9.98. The number of rotatable bonds is 4. The second kappa shape index (κ2) is 4.72. The predicted molar refractivity (Wildman–Crippen MR) is 81.4 cm³/mol. The van der Waals surface area contributed by atoms with Gasteiger partial charge < -0.3 is 10.2 Å². The van der Waals surface area contributed by atoms with Gasteiger partial charge in [-0.2, -0.15) is 0 Å². The van der Waals surface area contributed by atoms with Crippen molar-refractivity contribution in [2.24, 2.45) is 22.7 Å². The maximum absolute atomic E-state index is 13.0. The lowest BCUT2D eigenvalue weighted by Crippen LogP contribution is -2.43. The van der Waals surface area contributed by atoms with Crippen LogP contribution in [0.2, 0.25) is 0 Å². The summed E-state index contributed by atoms with van der Waals surface area (Å²) in [4.78, 5) is 15.2. The molecule has 3 fully saturated rings. The summed E-state index contributed by atoms with van der Waals surface area (Å²) in [7, 11) is 0. The molecule has 3 nitrogen and oxygen atoms in total. The molecule has 1 saturated heterocycles. The number of nitrogens with one attached hydrogen (secondary N) is 1. The summed E-state index contributed by atoms with van der Waals surface area (Å²) in [6, 6.07) is 0.552. The number of piperidine rings is 1. The van der Waals surface area contributed by atoms with Crippen LogP contribution in [0.5, 0.6) is 0 Å². The Labute approximate surface area is 123 Å². The summed E-state index contributed by atoms with van der Waals surface area (Å²) in [6.07, 6.45) is 4.98. The smallest absolute Gasteiger partial charge is 0.227 e. The third-order valence-electron chi connectivity index (χ3n) is 6.39. The van der Waals surface area contributed by atoms with Crippen molar-refractivity contribution in [3.05, 3.63) is 0 Å². The first-order valence-corrected chi connectivity index (χ1v) is 8.37. The second-order valence-electron chi connectivity index (χ2n) is 8.31. The molecule has 3 rings (SSSR count). The van der Waals surface area contributed by atoms with Gasteiger partial charge in [-0.25, -0.2) is 0 Å². The quantitative estimate of drug-likeness (QED) is 0.857. The molecule has 1 N–H and O–H groups in total. The number of hydrogen-bond donors (Lipinski definition) is 1. The van der Waals surface area contributed by atoms with Gasteiger partial charge in [0.1, 0.15) is 0 Å². The van der Waals surface area contributed by atoms with E-state index < -0.39 is 0 Å². The van der Waals surface area contributed by atoms with E-state index in [9.17, 15) is 4.79 Å². The third-order valence-corrected chi connectivity index (χ3v) is 6.39. The topological polar surface area (TPSA) is 32.3 Å². The van der Waals surface area contributed by atoms with E-state index in [1.54, 1.807) is 0 Å². The van der Waals surface area contributed by atoms with Gasteiger partial charge in [0.05, 0.1) is 0 Å². The molecule has 0 bridgehead atoms. The van der Waals surface area contributed by atoms with Gasteiger partial charge in [0.15, 0.2) is 0 Å². The van der Waals surface area contributed by atoms with E-state index in [-0.39, 0.29) is 16.7 Å². The van der Waals surface area contributed by atoms with E-state index in [0.29, 0.717) is 17.9 Å². The molecule has 3 aliphatic rings. The number of hydrogen-bond acceptors (Lipinski definition) is 2. The first kappa shape index (κ1) is 14.4. The van der Waals surface area contributed by atoms with E-state index in [4.69, 9.17) is 0 Å². The molecule has 2 saturated carbocycles. The zero-order valence-corrected chi connectivity index (χ0v) is 13.5. The van der Waals surface area contributed by atoms with Crippen LogP contribution in [0.15, 0.2) is 0 Å².